The van der Waals surface area contributed by atoms with Gasteiger partial charge in [-0.2, -0.15) is 0 Å². The van der Waals surface area contributed by atoms with E-state index < -0.39 is 17.9 Å². The minimum absolute atomic E-state index is 0.433. The van der Waals surface area contributed by atoms with Crippen molar-refractivity contribution in [1.29, 1.82) is 0 Å². The maximum atomic E-state index is 12.1. The number of hydrazine groups is 1. The predicted molar refractivity (Wildman–Crippen MR) is 105 cm³/mol. The molecule has 0 radical (unpaired) electrons. The normalized spacial score (nSPS) is 11.8. The quantitative estimate of drug-likeness (QED) is 0.576. The van der Waals surface area contributed by atoms with Crippen molar-refractivity contribution in [2.75, 3.05) is 0 Å². The van der Waals surface area contributed by atoms with Gasteiger partial charge in [-0.15, -0.1) is 0 Å². The van der Waals surface area contributed by atoms with E-state index in [4.69, 9.17) is 4.74 Å². The monoisotopic (exact) mass is 416 g/mol. The molecule has 5 nitrogen and oxygen atoms in total. The summed E-state index contributed by atoms with van der Waals surface area (Å²) in [6.07, 6.45) is 2.26. The molecular formula is C20H21BrN2O3. The fourth-order valence-electron chi connectivity index (χ4n) is 2.14. The molecule has 2 amide bonds. The summed E-state index contributed by atoms with van der Waals surface area (Å²) < 4.78 is 6.60. The largest absolute Gasteiger partial charge is 0.481 e. The second kappa shape index (κ2) is 9.20. The van der Waals surface area contributed by atoms with E-state index in [0.29, 0.717) is 5.75 Å². The highest BCUT2D eigenvalue weighted by atomic mass is 79.9. The molecule has 2 N–H and O–H groups in total. The van der Waals surface area contributed by atoms with E-state index in [-0.39, 0.29) is 0 Å². The van der Waals surface area contributed by atoms with Crippen LogP contribution in [-0.2, 0) is 9.59 Å². The van der Waals surface area contributed by atoms with Crippen molar-refractivity contribution < 1.29 is 14.3 Å². The summed E-state index contributed by atoms with van der Waals surface area (Å²) in [5.41, 5.74) is 7.64. The number of hydrogen-bond acceptors (Lipinski definition) is 3. The van der Waals surface area contributed by atoms with E-state index in [1.54, 1.807) is 13.0 Å². The van der Waals surface area contributed by atoms with Gasteiger partial charge >= 0.3 is 0 Å². The SMILES string of the molecule is Cc1cccc(O[C@H](C)C(=O)NNC(=O)/C=C/c2cccc(Br)c2)c1C. The third kappa shape index (κ3) is 5.74. The van der Waals surface area contributed by atoms with Gasteiger partial charge in [0, 0.05) is 10.5 Å². The summed E-state index contributed by atoms with van der Waals surface area (Å²) >= 11 is 3.37. The lowest BCUT2D eigenvalue weighted by Gasteiger charge is -2.17. The minimum Gasteiger partial charge on any atom is -0.481 e. The number of ether oxygens (including phenoxy) is 1. The molecule has 0 unspecified atom stereocenters. The lowest BCUT2D eigenvalue weighted by molar-refractivity contribution is -0.131. The van der Waals surface area contributed by atoms with Crippen LogP contribution in [0.25, 0.3) is 6.08 Å². The third-order valence-electron chi connectivity index (χ3n) is 3.81. The second-order valence-corrected chi connectivity index (χ2v) is 6.74. The molecular weight excluding hydrogens is 396 g/mol. The number of carbonyl (C=O) groups is 2. The summed E-state index contributed by atoms with van der Waals surface area (Å²) in [5, 5.41) is 0. The van der Waals surface area contributed by atoms with Crippen molar-refractivity contribution in [3.63, 3.8) is 0 Å². The van der Waals surface area contributed by atoms with Crippen molar-refractivity contribution in [3.8, 4) is 5.75 Å². The van der Waals surface area contributed by atoms with Crippen LogP contribution in [-0.4, -0.2) is 17.9 Å². The van der Waals surface area contributed by atoms with Gasteiger partial charge in [-0.1, -0.05) is 40.2 Å². The maximum absolute atomic E-state index is 12.1. The zero-order chi connectivity index (χ0) is 19.1. The van der Waals surface area contributed by atoms with Gasteiger partial charge in [0.05, 0.1) is 0 Å². The van der Waals surface area contributed by atoms with Gasteiger partial charge in [0.25, 0.3) is 11.8 Å². The van der Waals surface area contributed by atoms with Gasteiger partial charge in [0.15, 0.2) is 6.10 Å². The first-order valence-electron chi connectivity index (χ1n) is 8.13. The molecule has 0 fully saturated rings. The standard InChI is InChI=1S/C20H21BrN2O3/c1-13-6-4-9-18(14(13)2)26-15(3)20(25)23-22-19(24)11-10-16-7-5-8-17(21)12-16/h4-12,15H,1-3H3,(H,22,24)(H,23,25)/b11-10+/t15-/m1/s1. The first kappa shape index (κ1) is 19.7. The molecule has 0 saturated carbocycles. The van der Waals surface area contributed by atoms with E-state index in [0.717, 1.165) is 21.2 Å². The molecule has 0 aliphatic rings. The van der Waals surface area contributed by atoms with Crippen molar-refractivity contribution >= 4 is 33.8 Å². The van der Waals surface area contributed by atoms with Crippen LogP contribution in [0.5, 0.6) is 5.75 Å². The predicted octanol–water partition coefficient (Wildman–Crippen LogP) is 3.69. The lowest BCUT2D eigenvalue weighted by Crippen LogP contribution is -2.46. The second-order valence-electron chi connectivity index (χ2n) is 5.82. The molecule has 2 aromatic carbocycles. The van der Waals surface area contributed by atoms with Crippen molar-refractivity contribution in [1.82, 2.24) is 10.9 Å². The van der Waals surface area contributed by atoms with Crippen LogP contribution in [0.15, 0.2) is 53.0 Å². The molecule has 0 aromatic heterocycles. The van der Waals surface area contributed by atoms with Gasteiger partial charge in [0.1, 0.15) is 5.75 Å². The Balaban J connectivity index is 1.85. The van der Waals surface area contributed by atoms with Gasteiger partial charge in [-0.3, -0.25) is 20.4 Å². The zero-order valence-corrected chi connectivity index (χ0v) is 16.5. The van der Waals surface area contributed by atoms with Gasteiger partial charge in [-0.25, -0.2) is 0 Å². The number of halogens is 1. The number of rotatable bonds is 5. The van der Waals surface area contributed by atoms with E-state index in [1.165, 1.54) is 6.08 Å². The van der Waals surface area contributed by atoms with Gasteiger partial charge in [-0.05, 0) is 61.7 Å². The Bertz CT molecular complexity index is 834. The van der Waals surface area contributed by atoms with Crippen LogP contribution >= 0.6 is 15.9 Å². The van der Waals surface area contributed by atoms with E-state index in [9.17, 15) is 9.59 Å². The summed E-state index contributed by atoms with van der Waals surface area (Å²) in [7, 11) is 0. The fourth-order valence-corrected chi connectivity index (χ4v) is 2.56. The molecule has 0 aliphatic carbocycles. The first-order valence-corrected chi connectivity index (χ1v) is 8.92. The maximum Gasteiger partial charge on any atom is 0.279 e. The van der Waals surface area contributed by atoms with Crippen LogP contribution in [0, 0.1) is 13.8 Å². The van der Waals surface area contributed by atoms with E-state index in [2.05, 4.69) is 26.8 Å². The van der Waals surface area contributed by atoms with Crippen LogP contribution in [0.3, 0.4) is 0 Å². The van der Waals surface area contributed by atoms with Gasteiger partial charge < -0.3 is 4.74 Å². The Labute approximate surface area is 161 Å². The molecule has 26 heavy (non-hydrogen) atoms. The van der Waals surface area contributed by atoms with Crippen LogP contribution in [0.4, 0.5) is 0 Å². The fraction of sp³-hybridized carbons (Fsp3) is 0.200. The van der Waals surface area contributed by atoms with Crippen molar-refractivity contribution in [2.24, 2.45) is 0 Å². The average Bonchev–Trinajstić information content (AvgIpc) is 2.61. The molecule has 2 rings (SSSR count). The molecule has 0 heterocycles. The molecule has 0 aliphatic heterocycles. The summed E-state index contributed by atoms with van der Waals surface area (Å²) in [5.74, 6) is -0.221. The molecule has 6 heteroatoms. The van der Waals surface area contributed by atoms with E-state index in [1.807, 2.05) is 56.3 Å². The Morgan fingerprint density at radius 1 is 1.12 bits per heavy atom. The Kier molecular flexibility index (Phi) is 6.97. The Morgan fingerprint density at radius 2 is 1.85 bits per heavy atom. The number of amides is 2. The Hall–Kier alpha value is -2.60. The number of hydrogen-bond donors (Lipinski definition) is 2. The third-order valence-corrected chi connectivity index (χ3v) is 4.31. The van der Waals surface area contributed by atoms with Gasteiger partial charge in [0.2, 0.25) is 0 Å². The summed E-state index contributed by atoms with van der Waals surface area (Å²) in [6, 6.07) is 13.2. The summed E-state index contributed by atoms with van der Waals surface area (Å²) in [4.78, 5) is 23.9. The smallest absolute Gasteiger partial charge is 0.279 e. The van der Waals surface area contributed by atoms with Crippen LogP contribution < -0.4 is 15.6 Å². The molecule has 136 valence electrons. The Morgan fingerprint density at radius 3 is 2.58 bits per heavy atom. The van der Waals surface area contributed by atoms with Crippen molar-refractivity contribution in [2.45, 2.75) is 26.9 Å². The van der Waals surface area contributed by atoms with E-state index >= 15 is 0 Å². The molecule has 0 spiro atoms. The zero-order valence-electron chi connectivity index (χ0n) is 14.9. The first-order chi connectivity index (χ1) is 12.4. The number of carbonyl (C=O) groups excluding carboxylic acids is 2. The molecule has 2 aromatic rings. The summed E-state index contributed by atoms with van der Waals surface area (Å²) in [6.45, 7) is 5.54. The molecule has 0 saturated heterocycles. The van der Waals surface area contributed by atoms with Crippen molar-refractivity contribution in [3.05, 3.63) is 69.7 Å². The molecule has 0 bridgehead atoms. The average molecular weight is 417 g/mol. The topological polar surface area (TPSA) is 67.4 Å². The van der Waals surface area contributed by atoms with Crippen LogP contribution in [0.1, 0.15) is 23.6 Å². The number of nitrogens with one attached hydrogen (secondary N) is 2. The number of aryl methyl sites for hydroxylation is 1. The van der Waals surface area contributed by atoms with Crippen LogP contribution in [0.2, 0.25) is 0 Å². The molecule has 1 atom stereocenters. The highest BCUT2D eigenvalue weighted by Gasteiger charge is 2.16. The highest BCUT2D eigenvalue weighted by Crippen LogP contribution is 2.21. The highest BCUT2D eigenvalue weighted by molar-refractivity contribution is 9.10. The minimum atomic E-state index is -0.746. The lowest BCUT2D eigenvalue weighted by atomic mass is 10.1. The number of benzene rings is 2.